The van der Waals surface area contributed by atoms with E-state index in [1.807, 2.05) is 73.2 Å². The van der Waals surface area contributed by atoms with Crippen molar-refractivity contribution in [3.8, 4) is 0 Å². The summed E-state index contributed by atoms with van der Waals surface area (Å²) >= 11 is 0. The summed E-state index contributed by atoms with van der Waals surface area (Å²) in [6.07, 6.45) is 5.63. The van der Waals surface area contributed by atoms with Crippen molar-refractivity contribution in [1.29, 1.82) is 0 Å². The first-order valence-corrected chi connectivity index (χ1v) is 8.94. The van der Waals surface area contributed by atoms with Crippen molar-refractivity contribution in [3.05, 3.63) is 126 Å². The van der Waals surface area contributed by atoms with Gasteiger partial charge in [-0.3, -0.25) is 4.79 Å². The minimum absolute atomic E-state index is 0.0641. The highest BCUT2D eigenvalue weighted by atomic mass is 16.1. The van der Waals surface area contributed by atoms with Crippen LogP contribution in [0.25, 0.3) is 0 Å². The number of hydrogen-bond acceptors (Lipinski definition) is 2. The smallest absolute Gasteiger partial charge is 0.159 e. The van der Waals surface area contributed by atoms with Gasteiger partial charge in [0.2, 0.25) is 0 Å². The van der Waals surface area contributed by atoms with Crippen molar-refractivity contribution >= 4 is 5.78 Å². The second kappa shape index (κ2) is 7.04. The molecule has 0 unspecified atom stereocenters. The average molecular weight is 352 g/mol. The third-order valence-corrected chi connectivity index (χ3v) is 4.98. The van der Waals surface area contributed by atoms with Crippen LogP contribution >= 0.6 is 0 Å². The molecule has 0 amide bonds. The zero-order valence-electron chi connectivity index (χ0n) is 15.1. The van der Waals surface area contributed by atoms with Crippen LogP contribution in [0.5, 0.6) is 0 Å². The summed E-state index contributed by atoms with van der Waals surface area (Å²) in [6, 6.07) is 28.6. The fraction of sp³-hybridized carbons (Fsp3) is 0.0833. The maximum Gasteiger partial charge on any atom is 0.159 e. The summed E-state index contributed by atoms with van der Waals surface area (Å²) in [6.45, 7) is 1.59. The van der Waals surface area contributed by atoms with E-state index in [2.05, 4.69) is 33.8 Å². The number of benzene rings is 3. The molecule has 3 aromatic carbocycles. The fourth-order valence-electron chi connectivity index (χ4n) is 3.71. The van der Waals surface area contributed by atoms with E-state index in [1.54, 1.807) is 13.1 Å². The van der Waals surface area contributed by atoms with Crippen molar-refractivity contribution in [2.45, 2.75) is 12.5 Å². The van der Waals surface area contributed by atoms with E-state index < -0.39 is 5.54 Å². The molecular formula is C24H20N2O. The lowest BCUT2D eigenvalue weighted by Crippen LogP contribution is -2.37. The molecule has 0 N–H and O–H groups in total. The zero-order chi connectivity index (χ0) is 18.7. The third kappa shape index (κ3) is 2.87. The molecule has 3 heteroatoms. The van der Waals surface area contributed by atoms with Crippen LogP contribution in [0.1, 0.15) is 34.0 Å². The summed E-state index contributed by atoms with van der Waals surface area (Å²) in [7, 11) is 0. The molecule has 0 spiro atoms. The highest BCUT2D eigenvalue weighted by Crippen LogP contribution is 2.40. The first-order chi connectivity index (χ1) is 13.2. The zero-order valence-corrected chi connectivity index (χ0v) is 15.1. The molecule has 4 rings (SSSR count). The van der Waals surface area contributed by atoms with E-state index in [0.717, 1.165) is 16.7 Å². The van der Waals surface area contributed by atoms with E-state index in [9.17, 15) is 4.79 Å². The van der Waals surface area contributed by atoms with Gasteiger partial charge in [0.05, 0.1) is 6.33 Å². The Morgan fingerprint density at radius 1 is 0.778 bits per heavy atom. The van der Waals surface area contributed by atoms with Gasteiger partial charge in [0.15, 0.2) is 5.78 Å². The van der Waals surface area contributed by atoms with E-state index in [4.69, 9.17) is 0 Å². The van der Waals surface area contributed by atoms with Gasteiger partial charge >= 0.3 is 0 Å². The number of carbonyl (C=O) groups is 1. The van der Waals surface area contributed by atoms with Gasteiger partial charge in [-0.1, -0.05) is 84.9 Å². The normalized spacial score (nSPS) is 11.3. The van der Waals surface area contributed by atoms with Crippen LogP contribution in [-0.2, 0) is 5.54 Å². The minimum atomic E-state index is -0.575. The van der Waals surface area contributed by atoms with Crippen LogP contribution in [-0.4, -0.2) is 15.3 Å². The van der Waals surface area contributed by atoms with E-state index in [0.29, 0.717) is 5.56 Å². The summed E-state index contributed by atoms with van der Waals surface area (Å²) in [5, 5.41) is 0. The first-order valence-electron chi connectivity index (χ1n) is 8.94. The molecule has 0 aliphatic carbocycles. The van der Waals surface area contributed by atoms with Crippen molar-refractivity contribution in [1.82, 2.24) is 9.55 Å². The van der Waals surface area contributed by atoms with Gasteiger partial charge in [-0.15, -0.1) is 0 Å². The van der Waals surface area contributed by atoms with E-state index in [1.165, 1.54) is 0 Å². The maximum atomic E-state index is 11.8. The summed E-state index contributed by atoms with van der Waals surface area (Å²) in [4.78, 5) is 16.1. The lowest BCUT2D eigenvalue weighted by molar-refractivity contribution is 0.101. The standard InChI is InChI=1S/C24H20N2O/c1-19(27)20-12-14-23(15-13-20)24(26-17-16-25-18-26,21-8-4-2-5-9-21)22-10-6-3-7-11-22/h2-18H,1H3. The van der Waals surface area contributed by atoms with Gasteiger partial charge in [-0.25, -0.2) is 4.98 Å². The van der Waals surface area contributed by atoms with Gasteiger partial charge in [0, 0.05) is 18.0 Å². The molecule has 27 heavy (non-hydrogen) atoms. The van der Waals surface area contributed by atoms with Crippen LogP contribution in [0.2, 0.25) is 0 Å². The SMILES string of the molecule is CC(=O)c1ccc(C(c2ccccc2)(c2ccccc2)n2ccnc2)cc1. The molecule has 1 heterocycles. The van der Waals surface area contributed by atoms with E-state index >= 15 is 0 Å². The molecule has 0 radical (unpaired) electrons. The number of hydrogen-bond donors (Lipinski definition) is 0. The predicted molar refractivity (Wildman–Crippen MR) is 107 cm³/mol. The molecule has 0 aliphatic heterocycles. The second-order valence-electron chi connectivity index (χ2n) is 6.55. The molecule has 0 atom stereocenters. The molecule has 0 saturated heterocycles. The van der Waals surface area contributed by atoms with Crippen LogP contribution < -0.4 is 0 Å². The van der Waals surface area contributed by atoms with Crippen LogP contribution in [0, 0.1) is 0 Å². The highest BCUT2D eigenvalue weighted by Gasteiger charge is 2.38. The lowest BCUT2D eigenvalue weighted by atomic mass is 9.76. The molecule has 4 aromatic rings. The Kier molecular flexibility index (Phi) is 4.43. The van der Waals surface area contributed by atoms with Crippen molar-refractivity contribution in [3.63, 3.8) is 0 Å². The number of nitrogens with zero attached hydrogens (tertiary/aromatic N) is 2. The molecule has 132 valence electrons. The highest BCUT2D eigenvalue weighted by molar-refractivity contribution is 5.94. The predicted octanol–water partition coefficient (Wildman–Crippen LogP) is 4.93. The minimum Gasteiger partial charge on any atom is -0.319 e. The maximum absolute atomic E-state index is 11.8. The number of ketones is 1. The summed E-state index contributed by atoms with van der Waals surface area (Å²) in [5.74, 6) is 0.0641. The van der Waals surface area contributed by atoms with Crippen molar-refractivity contribution < 1.29 is 4.79 Å². The van der Waals surface area contributed by atoms with Gasteiger partial charge in [-0.05, 0) is 23.6 Å². The number of aromatic nitrogens is 2. The Balaban J connectivity index is 2.06. The number of imidazole rings is 1. The summed E-state index contributed by atoms with van der Waals surface area (Å²) in [5.41, 5.74) is 3.46. The average Bonchev–Trinajstić information content (AvgIpc) is 3.26. The monoisotopic (exact) mass is 352 g/mol. The van der Waals surface area contributed by atoms with Crippen molar-refractivity contribution in [2.24, 2.45) is 0 Å². The van der Waals surface area contributed by atoms with Crippen molar-refractivity contribution in [2.75, 3.05) is 0 Å². The Morgan fingerprint density at radius 2 is 1.30 bits per heavy atom. The van der Waals surface area contributed by atoms with Gasteiger partial charge in [-0.2, -0.15) is 0 Å². The molecule has 0 aliphatic rings. The quantitative estimate of drug-likeness (QED) is 0.377. The third-order valence-electron chi connectivity index (χ3n) is 4.98. The topological polar surface area (TPSA) is 34.9 Å². The second-order valence-corrected chi connectivity index (χ2v) is 6.55. The Morgan fingerprint density at radius 3 is 1.74 bits per heavy atom. The molecule has 0 saturated carbocycles. The van der Waals surface area contributed by atoms with Gasteiger partial charge in [0.1, 0.15) is 5.54 Å². The molecule has 3 nitrogen and oxygen atoms in total. The van der Waals surface area contributed by atoms with Crippen LogP contribution in [0.3, 0.4) is 0 Å². The van der Waals surface area contributed by atoms with Gasteiger partial charge in [0.25, 0.3) is 0 Å². The molecule has 0 fully saturated rings. The Bertz CT molecular complexity index is 981. The first kappa shape index (κ1) is 17.0. The van der Waals surface area contributed by atoms with Crippen LogP contribution in [0.15, 0.2) is 104 Å². The molecule has 1 aromatic heterocycles. The number of Topliss-reactive ketones (excluding diaryl/α,β-unsaturated/α-hetero) is 1. The Hall–Kier alpha value is -3.46. The molecular weight excluding hydrogens is 332 g/mol. The number of rotatable bonds is 5. The summed E-state index contributed by atoms with van der Waals surface area (Å²) < 4.78 is 2.13. The largest absolute Gasteiger partial charge is 0.319 e. The van der Waals surface area contributed by atoms with Gasteiger partial charge < -0.3 is 4.57 Å². The van der Waals surface area contributed by atoms with Crippen LogP contribution in [0.4, 0.5) is 0 Å². The number of carbonyl (C=O) groups excluding carboxylic acids is 1. The van der Waals surface area contributed by atoms with E-state index in [-0.39, 0.29) is 5.78 Å². The lowest BCUT2D eigenvalue weighted by Gasteiger charge is -2.37. The molecule has 0 bridgehead atoms. The fourth-order valence-corrected chi connectivity index (χ4v) is 3.71. The Labute approximate surface area is 158 Å².